The highest BCUT2D eigenvalue weighted by molar-refractivity contribution is 5.95. The van der Waals surface area contributed by atoms with Crippen LogP contribution in [0.2, 0.25) is 0 Å². The third-order valence-electron chi connectivity index (χ3n) is 3.47. The number of aromatic nitrogens is 4. The fourth-order valence-corrected chi connectivity index (χ4v) is 2.31. The predicted octanol–water partition coefficient (Wildman–Crippen LogP) is 2.75. The minimum atomic E-state index is -4.66. The Morgan fingerprint density at radius 3 is 2.62 bits per heavy atom. The molecule has 10 heteroatoms. The van der Waals surface area contributed by atoms with Crippen LogP contribution in [-0.4, -0.2) is 26.1 Å². The minimum absolute atomic E-state index is 0.133. The van der Waals surface area contributed by atoms with Gasteiger partial charge in [-0.05, 0) is 40.8 Å². The Morgan fingerprint density at radius 1 is 1.12 bits per heavy atom. The molecular weight excluding hydrogens is 354 g/mol. The van der Waals surface area contributed by atoms with E-state index in [0.717, 1.165) is 12.1 Å². The van der Waals surface area contributed by atoms with Gasteiger partial charge >= 0.3 is 6.18 Å². The molecule has 26 heavy (non-hydrogen) atoms. The molecule has 134 valence electrons. The van der Waals surface area contributed by atoms with Gasteiger partial charge in [-0.2, -0.15) is 17.9 Å². The van der Waals surface area contributed by atoms with Crippen molar-refractivity contribution in [3.63, 3.8) is 0 Å². The van der Waals surface area contributed by atoms with Gasteiger partial charge in [0.25, 0.3) is 5.91 Å². The number of alkyl halides is 3. The summed E-state index contributed by atoms with van der Waals surface area (Å²) >= 11 is 0. The van der Waals surface area contributed by atoms with Gasteiger partial charge < -0.3 is 5.32 Å². The van der Waals surface area contributed by atoms with Crippen molar-refractivity contribution in [3.8, 4) is 5.69 Å². The van der Waals surface area contributed by atoms with Crippen molar-refractivity contribution in [2.24, 2.45) is 0 Å². The zero-order valence-corrected chi connectivity index (χ0v) is 13.0. The smallest absolute Gasteiger partial charge is 0.345 e. The Morgan fingerprint density at radius 2 is 1.88 bits per heavy atom. The quantitative estimate of drug-likeness (QED) is 0.722. The first-order valence-electron chi connectivity index (χ1n) is 7.34. The molecule has 0 spiro atoms. The summed E-state index contributed by atoms with van der Waals surface area (Å²) in [6.07, 6.45) is -4.66. The van der Waals surface area contributed by atoms with Crippen LogP contribution in [0.3, 0.4) is 0 Å². The zero-order valence-electron chi connectivity index (χ0n) is 13.0. The van der Waals surface area contributed by atoms with Gasteiger partial charge in [0.2, 0.25) is 0 Å². The lowest BCUT2D eigenvalue weighted by Gasteiger charge is -2.12. The number of tetrazole rings is 1. The molecule has 1 amide bonds. The van der Waals surface area contributed by atoms with Crippen LogP contribution in [-0.2, 0) is 12.7 Å². The van der Waals surface area contributed by atoms with Gasteiger partial charge in [-0.1, -0.05) is 18.2 Å². The minimum Gasteiger partial charge on any atom is -0.345 e. The Kier molecular flexibility index (Phi) is 4.65. The summed E-state index contributed by atoms with van der Waals surface area (Å²) in [5.41, 5.74) is -1.23. The zero-order chi connectivity index (χ0) is 18.7. The third-order valence-corrected chi connectivity index (χ3v) is 3.47. The first-order valence-corrected chi connectivity index (χ1v) is 7.34. The highest BCUT2D eigenvalue weighted by atomic mass is 19.4. The second-order valence-corrected chi connectivity index (χ2v) is 5.21. The van der Waals surface area contributed by atoms with Gasteiger partial charge in [-0.25, -0.2) is 4.39 Å². The van der Waals surface area contributed by atoms with E-state index < -0.39 is 29.0 Å². The van der Waals surface area contributed by atoms with Gasteiger partial charge in [0.1, 0.15) is 5.82 Å². The molecule has 0 saturated carbocycles. The number of amides is 1. The number of rotatable bonds is 4. The van der Waals surface area contributed by atoms with Crippen LogP contribution < -0.4 is 5.32 Å². The summed E-state index contributed by atoms with van der Waals surface area (Å²) in [7, 11) is 0. The Bertz CT molecular complexity index is 938. The Labute approximate surface area is 144 Å². The number of carbonyl (C=O) groups is 1. The van der Waals surface area contributed by atoms with E-state index in [0.29, 0.717) is 5.69 Å². The number of hydrogen-bond donors (Lipinski definition) is 1. The Balaban J connectivity index is 1.79. The molecule has 0 bridgehead atoms. The third kappa shape index (κ3) is 3.68. The molecular formula is C16H11F4N5O. The van der Waals surface area contributed by atoms with E-state index in [1.54, 1.807) is 6.07 Å². The molecule has 1 aromatic heterocycles. The van der Waals surface area contributed by atoms with Crippen LogP contribution in [0.25, 0.3) is 5.69 Å². The molecule has 0 aliphatic carbocycles. The standard InChI is InChI=1S/C16H11F4N5O/c17-10-4-3-5-11(8-10)25-14(22-23-24-25)9-21-15(26)12-6-1-2-7-13(12)16(18,19)20/h1-8H,9H2,(H,21,26). The van der Waals surface area contributed by atoms with E-state index in [1.165, 1.54) is 35.0 Å². The summed E-state index contributed by atoms with van der Waals surface area (Å²) in [6.45, 7) is -0.242. The Hall–Kier alpha value is -3.30. The van der Waals surface area contributed by atoms with E-state index in [4.69, 9.17) is 0 Å². The molecule has 3 rings (SSSR count). The molecule has 0 fully saturated rings. The number of benzene rings is 2. The van der Waals surface area contributed by atoms with Gasteiger partial charge in [0.15, 0.2) is 5.82 Å². The van der Waals surface area contributed by atoms with E-state index in [2.05, 4.69) is 20.8 Å². The summed E-state index contributed by atoms with van der Waals surface area (Å²) in [5, 5.41) is 13.2. The molecule has 0 aliphatic heterocycles. The molecule has 0 saturated heterocycles. The van der Waals surface area contributed by atoms with Crippen molar-refractivity contribution in [3.05, 3.63) is 71.3 Å². The SMILES string of the molecule is O=C(NCc1nnnn1-c1cccc(F)c1)c1ccccc1C(F)(F)F. The summed E-state index contributed by atoms with van der Waals surface area (Å²) < 4.78 is 53.5. The first-order chi connectivity index (χ1) is 12.4. The van der Waals surface area contributed by atoms with E-state index in [1.807, 2.05) is 0 Å². The maximum Gasteiger partial charge on any atom is 0.417 e. The van der Waals surface area contributed by atoms with Crippen LogP contribution in [0, 0.1) is 5.82 Å². The molecule has 2 aromatic carbocycles. The highest BCUT2D eigenvalue weighted by Crippen LogP contribution is 2.31. The van der Waals surface area contributed by atoms with Gasteiger partial charge in [-0.15, -0.1) is 5.10 Å². The van der Waals surface area contributed by atoms with E-state index >= 15 is 0 Å². The molecule has 6 nitrogen and oxygen atoms in total. The normalized spacial score (nSPS) is 11.4. The van der Waals surface area contributed by atoms with Crippen LogP contribution in [0.15, 0.2) is 48.5 Å². The van der Waals surface area contributed by atoms with Gasteiger partial charge in [0.05, 0.1) is 23.4 Å². The largest absolute Gasteiger partial charge is 0.417 e. The monoisotopic (exact) mass is 365 g/mol. The van der Waals surface area contributed by atoms with Crippen molar-refractivity contribution in [2.75, 3.05) is 0 Å². The second-order valence-electron chi connectivity index (χ2n) is 5.21. The summed E-state index contributed by atoms with van der Waals surface area (Å²) in [6, 6.07) is 9.85. The van der Waals surface area contributed by atoms with Crippen LogP contribution in [0.5, 0.6) is 0 Å². The fraction of sp³-hybridized carbons (Fsp3) is 0.125. The molecule has 0 unspecified atom stereocenters. The molecule has 0 radical (unpaired) electrons. The van der Waals surface area contributed by atoms with Crippen molar-refractivity contribution in [2.45, 2.75) is 12.7 Å². The van der Waals surface area contributed by atoms with Crippen molar-refractivity contribution >= 4 is 5.91 Å². The maximum atomic E-state index is 13.3. The van der Waals surface area contributed by atoms with Gasteiger partial charge in [-0.3, -0.25) is 4.79 Å². The van der Waals surface area contributed by atoms with E-state index in [-0.39, 0.29) is 12.4 Å². The molecule has 1 heterocycles. The average Bonchev–Trinajstić information content (AvgIpc) is 3.07. The van der Waals surface area contributed by atoms with Crippen LogP contribution in [0.1, 0.15) is 21.7 Å². The highest BCUT2D eigenvalue weighted by Gasteiger charge is 2.34. The maximum absolute atomic E-state index is 13.3. The van der Waals surface area contributed by atoms with Crippen LogP contribution in [0.4, 0.5) is 17.6 Å². The number of halogens is 4. The lowest BCUT2D eigenvalue weighted by molar-refractivity contribution is -0.137. The molecule has 1 N–H and O–H groups in total. The predicted molar refractivity (Wildman–Crippen MR) is 81.7 cm³/mol. The first kappa shape index (κ1) is 17.5. The molecule has 0 aliphatic rings. The summed E-state index contributed by atoms with van der Waals surface area (Å²) in [5.74, 6) is -1.30. The summed E-state index contributed by atoms with van der Waals surface area (Å²) in [4.78, 5) is 12.2. The lowest BCUT2D eigenvalue weighted by Crippen LogP contribution is -2.27. The molecule has 3 aromatic rings. The number of carbonyl (C=O) groups excluding carboxylic acids is 1. The second kappa shape index (κ2) is 6.90. The number of hydrogen-bond acceptors (Lipinski definition) is 4. The van der Waals surface area contributed by atoms with Crippen molar-refractivity contribution in [1.82, 2.24) is 25.5 Å². The molecule has 0 atom stereocenters. The van der Waals surface area contributed by atoms with Crippen molar-refractivity contribution < 1.29 is 22.4 Å². The van der Waals surface area contributed by atoms with Gasteiger partial charge in [0, 0.05) is 0 Å². The van der Waals surface area contributed by atoms with Crippen molar-refractivity contribution in [1.29, 1.82) is 0 Å². The van der Waals surface area contributed by atoms with E-state index in [9.17, 15) is 22.4 Å². The average molecular weight is 365 g/mol. The topological polar surface area (TPSA) is 72.7 Å². The fourth-order valence-electron chi connectivity index (χ4n) is 2.31. The number of nitrogens with zero attached hydrogens (tertiary/aromatic N) is 4. The lowest BCUT2D eigenvalue weighted by atomic mass is 10.1. The number of nitrogens with one attached hydrogen (secondary N) is 1. The van der Waals surface area contributed by atoms with Crippen LogP contribution >= 0.6 is 0 Å².